The highest BCUT2D eigenvalue weighted by Gasteiger charge is 2.38. The van der Waals surface area contributed by atoms with E-state index in [-0.39, 0.29) is 18.3 Å². The van der Waals surface area contributed by atoms with E-state index in [1.54, 1.807) is 0 Å². The minimum atomic E-state index is 0. The van der Waals surface area contributed by atoms with Crippen LogP contribution in [-0.2, 0) is 6.61 Å². The summed E-state index contributed by atoms with van der Waals surface area (Å²) in [5.74, 6) is 2.18. The Balaban J connectivity index is 0.00000182. The van der Waals surface area contributed by atoms with Crippen molar-refractivity contribution in [2.75, 3.05) is 26.2 Å². The van der Waals surface area contributed by atoms with Crippen LogP contribution >= 0.6 is 12.4 Å². The topological polar surface area (TPSA) is 41.6 Å². The number of carbonyl (C=O) groups is 1. The van der Waals surface area contributed by atoms with Gasteiger partial charge in [0.15, 0.2) is 0 Å². The summed E-state index contributed by atoms with van der Waals surface area (Å²) in [7, 11) is 0. The third-order valence-corrected chi connectivity index (χ3v) is 5.06. The maximum absolute atomic E-state index is 13.0. The summed E-state index contributed by atoms with van der Waals surface area (Å²) in [6, 6.07) is 17.5. The second-order valence-corrected chi connectivity index (χ2v) is 6.65. The van der Waals surface area contributed by atoms with Crippen LogP contribution in [0.1, 0.15) is 15.9 Å². The predicted molar refractivity (Wildman–Crippen MR) is 100 cm³/mol. The van der Waals surface area contributed by atoms with Crippen LogP contribution in [0.25, 0.3) is 0 Å². The summed E-state index contributed by atoms with van der Waals surface area (Å²) in [5, 5.41) is 3.42. The molecule has 2 heterocycles. The monoisotopic (exact) mass is 358 g/mol. The molecule has 1 amide bonds. The summed E-state index contributed by atoms with van der Waals surface area (Å²) in [6.07, 6.45) is 0. The van der Waals surface area contributed by atoms with Crippen molar-refractivity contribution in [1.29, 1.82) is 0 Å². The lowest BCUT2D eigenvalue weighted by Crippen LogP contribution is -2.32. The first-order valence-electron chi connectivity index (χ1n) is 8.57. The number of halogens is 1. The minimum Gasteiger partial charge on any atom is -0.489 e. The molecule has 1 N–H and O–H groups in total. The first-order chi connectivity index (χ1) is 11.8. The number of rotatable bonds is 4. The molecular weight excluding hydrogens is 336 g/mol. The van der Waals surface area contributed by atoms with Gasteiger partial charge in [0, 0.05) is 37.3 Å². The average Bonchev–Trinajstić information content (AvgIpc) is 3.22. The SMILES string of the molecule is Cl.O=C(c1ccccc1COc1ccccc1)N1C[C@H]2CNC[C@H]2C1. The molecule has 0 saturated carbocycles. The van der Waals surface area contributed by atoms with Crippen molar-refractivity contribution < 1.29 is 9.53 Å². The van der Waals surface area contributed by atoms with E-state index in [0.717, 1.165) is 43.1 Å². The number of benzene rings is 2. The van der Waals surface area contributed by atoms with Crippen molar-refractivity contribution in [3.05, 3.63) is 65.7 Å². The van der Waals surface area contributed by atoms with Crippen LogP contribution in [0, 0.1) is 11.8 Å². The van der Waals surface area contributed by atoms with Crippen LogP contribution < -0.4 is 10.1 Å². The van der Waals surface area contributed by atoms with Gasteiger partial charge in [0.25, 0.3) is 5.91 Å². The Hall–Kier alpha value is -2.04. The number of ether oxygens (including phenoxy) is 1. The molecule has 2 aliphatic rings. The summed E-state index contributed by atoms with van der Waals surface area (Å²) in [4.78, 5) is 15.0. The van der Waals surface area contributed by atoms with E-state index in [1.165, 1.54) is 0 Å². The fraction of sp³-hybridized carbons (Fsp3) is 0.350. The third-order valence-electron chi connectivity index (χ3n) is 5.06. The van der Waals surface area contributed by atoms with Gasteiger partial charge in [0.1, 0.15) is 12.4 Å². The number of fused-ring (bicyclic) bond motifs is 1. The van der Waals surface area contributed by atoms with Crippen LogP contribution in [0.2, 0.25) is 0 Å². The standard InChI is InChI=1S/C20H22N2O2.ClH/c23-20(22-12-16-10-21-11-17(16)13-22)19-9-5-4-6-15(19)14-24-18-7-2-1-3-8-18;/h1-9,16-17,21H,10-14H2;1H/t16-,17+;. The molecule has 5 heteroatoms. The van der Waals surface area contributed by atoms with E-state index in [0.29, 0.717) is 18.4 Å². The minimum absolute atomic E-state index is 0. The molecular formula is C20H23ClN2O2. The molecule has 0 aromatic heterocycles. The normalized spacial score (nSPS) is 21.5. The Bertz CT molecular complexity index is 711. The van der Waals surface area contributed by atoms with E-state index in [1.807, 2.05) is 59.5 Å². The van der Waals surface area contributed by atoms with E-state index in [2.05, 4.69) is 5.32 Å². The Morgan fingerprint density at radius 2 is 1.64 bits per heavy atom. The Morgan fingerprint density at radius 3 is 2.36 bits per heavy atom. The summed E-state index contributed by atoms with van der Waals surface area (Å²) in [6.45, 7) is 4.21. The Morgan fingerprint density at radius 1 is 1.00 bits per heavy atom. The van der Waals surface area contributed by atoms with Crippen molar-refractivity contribution in [3.63, 3.8) is 0 Å². The highest BCUT2D eigenvalue weighted by molar-refractivity contribution is 5.95. The molecule has 0 radical (unpaired) electrons. The zero-order valence-electron chi connectivity index (χ0n) is 14.1. The maximum atomic E-state index is 13.0. The number of amides is 1. The molecule has 4 nitrogen and oxygen atoms in total. The Kier molecular flexibility index (Phi) is 5.61. The van der Waals surface area contributed by atoms with Gasteiger partial charge in [-0.05, 0) is 30.0 Å². The fourth-order valence-electron chi connectivity index (χ4n) is 3.72. The first-order valence-corrected chi connectivity index (χ1v) is 8.57. The van der Waals surface area contributed by atoms with E-state index >= 15 is 0 Å². The van der Waals surface area contributed by atoms with Gasteiger partial charge in [-0.15, -0.1) is 12.4 Å². The lowest BCUT2D eigenvalue weighted by molar-refractivity contribution is 0.0779. The van der Waals surface area contributed by atoms with Crippen LogP contribution in [0.4, 0.5) is 0 Å². The van der Waals surface area contributed by atoms with Crippen LogP contribution in [0.3, 0.4) is 0 Å². The molecule has 2 aromatic carbocycles. The van der Waals surface area contributed by atoms with Crippen molar-refractivity contribution in [3.8, 4) is 5.75 Å². The van der Waals surface area contributed by atoms with E-state index < -0.39 is 0 Å². The van der Waals surface area contributed by atoms with Gasteiger partial charge in [-0.3, -0.25) is 4.79 Å². The van der Waals surface area contributed by atoms with Crippen molar-refractivity contribution >= 4 is 18.3 Å². The number of hydrogen-bond donors (Lipinski definition) is 1. The largest absolute Gasteiger partial charge is 0.489 e. The van der Waals surface area contributed by atoms with Gasteiger partial charge in [0.05, 0.1) is 0 Å². The molecule has 2 atom stereocenters. The van der Waals surface area contributed by atoms with Crippen molar-refractivity contribution in [2.45, 2.75) is 6.61 Å². The molecule has 4 rings (SSSR count). The zero-order chi connectivity index (χ0) is 16.4. The summed E-state index contributed by atoms with van der Waals surface area (Å²) >= 11 is 0. The molecule has 132 valence electrons. The second kappa shape index (κ2) is 7.89. The summed E-state index contributed by atoms with van der Waals surface area (Å²) < 4.78 is 5.84. The number of para-hydroxylation sites is 1. The molecule has 0 spiro atoms. The average molecular weight is 359 g/mol. The van der Waals surface area contributed by atoms with Gasteiger partial charge in [0.2, 0.25) is 0 Å². The number of nitrogens with one attached hydrogen (secondary N) is 1. The molecule has 2 saturated heterocycles. The predicted octanol–water partition coefficient (Wildman–Crippen LogP) is 2.98. The van der Waals surface area contributed by atoms with Gasteiger partial charge in [-0.1, -0.05) is 36.4 Å². The molecule has 0 bridgehead atoms. The van der Waals surface area contributed by atoms with E-state index in [4.69, 9.17) is 4.74 Å². The molecule has 2 aromatic rings. The molecule has 2 fully saturated rings. The first kappa shape index (κ1) is 17.8. The van der Waals surface area contributed by atoms with Gasteiger partial charge >= 0.3 is 0 Å². The Labute approximate surface area is 154 Å². The van der Waals surface area contributed by atoms with Gasteiger partial charge in [-0.25, -0.2) is 0 Å². The quantitative estimate of drug-likeness (QED) is 0.913. The van der Waals surface area contributed by atoms with Crippen LogP contribution in [0.5, 0.6) is 5.75 Å². The maximum Gasteiger partial charge on any atom is 0.254 e. The van der Waals surface area contributed by atoms with Crippen LogP contribution in [0.15, 0.2) is 54.6 Å². The molecule has 25 heavy (non-hydrogen) atoms. The number of nitrogens with zero attached hydrogens (tertiary/aromatic N) is 1. The van der Waals surface area contributed by atoms with Gasteiger partial charge < -0.3 is 15.0 Å². The zero-order valence-corrected chi connectivity index (χ0v) is 14.9. The number of likely N-dealkylation sites (tertiary alicyclic amines) is 1. The third kappa shape index (κ3) is 3.80. The van der Waals surface area contributed by atoms with Crippen LogP contribution in [-0.4, -0.2) is 37.0 Å². The van der Waals surface area contributed by atoms with Crippen molar-refractivity contribution in [1.82, 2.24) is 10.2 Å². The smallest absolute Gasteiger partial charge is 0.254 e. The molecule has 0 aliphatic carbocycles. The second-order valence-electron chi connectivity index (χ2n) is 6.65. The summed E-state index contributed by atoms with van der Waals surface area (Å²) in [5.41, 5.74) is 1.71. The van der Waals surface area contributed by atoms with Crippen molar-refractivity contribution in [2.24, 2.45) is 11.8 Å². The highest BCUT2D eigenvalue weighted by atomic mass is 35.5. The molecule has 0 unspecified atom stereocenters. The number of hydrogen-bond acceptors (Lipinski definition) is 3. The lowest BCUT2D eigenvalue weighted by Gasteiger charge is -2.19. The molecule has 2 aliphatic heterocycles. The van der Waals surface area contributed by atoms with E-state index in [9.17, 15) is 4.79 Å². The fourth-order valence-corrected chi connectivity index (χ4v) is 3.72. The highest BCUT2D eigenvalue weighted by Crippen LogP contribution is 2.28. The number of carbonyl (C=O) groups excluding carboxylic acids is 1. The lowest BCUT2D eigenvalue weighted by atomic mass is 10.0. The van der Waals surface area contributed by atoms with Gasteiger partial charge in [-0.2, -0.15) is 0 Å².